The number of hydrogen-bond donors (Lipinski definition) is 0. The number of ether oxygens (including phenoxy) is 1. The van der Waals surface area contributed by atoms with Gasteiger partial charge in [0.05, 0.1) is 31.3 Å². The highest BCUT2D eigenvalue weighted by Gasteiger charge is 2.26. The lowest BCUT2D eigenvalue weighted by molar-refractivity contribution is -0.134. The van der Waals surface area contributed by atoms with Crippen LogP contribution < -0.4 is 0 Å². The van der Waals surface area contributed by atoms with E-state index in [0.29, 0.717) is 49.6 Å². The van der Waals surface area contributed by atoms with Crippen LogP contribution in [0.3, 0.4) is 0 Å². The summed E-state index contributed by atoms with van der Waals surface area (Å²) in [6.45, 7) is 4.98. The first-order chi connectivity index (χ1) is 13.7. The van der Waals surface area contributed by atoms with Gasteiger partial charge in [-0.2, -0.15) is 0 Å². The van der Waals surface area contributed by atoms with Gasteiger partial charge in [0.25, 0.3) is 0 Å². The quantitative estimate of drug-likeness (QED) is 0.595. The van der Waals surface area contributed by atoms with E-state index in [4.69, 9.17) is 9.15 Å². The molecule has 0 aliphatic carbocycles. The monoisotopic (exact) mass is 398 g/mol. The van der Waals surface area contributed by atoms with Gasteiger partial charge in [0.1, 0.15) is 0 Å². The van der Waals surface area contributed by atoms with Crippen LogP contribution in [0, 0.1) is 0 Å². The van der Waals surface area contributed by atoms with Crippen LogP contribution in [-0.2, 0) is 16.1 Å². The average molecular weight is 398 g/mol. The van der Waals surface area contributed by atoms with Crippen LogP contribution in [0.1, 0.15) is 12.5 Å². The fraction of sp³-hybridized carbons (Fsp3) is 0.350. The van der Waals surface area contributed by atoms with Crippen molar-refractivity contribution < 1.29 is 13.9 Å². The first-order valence-corrected chi connectivity index (χ1v) is 10.1. The first-order valence-electron chi connectivity index (χ1n) is 9.26. The lowest BCUT2D eigenvalue weighted by Gasteiger charge is -2.28. The predicted octanol–water partition coefficient (Wildman–Crippen LogP) is 2.93. The summed E-state index contributed by atoms with van der Waals surface area (Å²) in [5, 5.41) is 9.13. The Labute approximate surface area is 167 Å². The molecule has 28 heavy (non-hydrogen) atoms. The van der Waals surface area contributed by atoms with Crippen LogP contribution in [0.15, 0.2) is 58.3 Å². The van der Waals surface area contributed by atoms with Crippen LogP contribution in [-0.4, -0.2) is 57.1 Å². The third kappa shape index (κ3) is 4.13. The van der Waals surface area contributed by atoms with Crippen LogP contribution in [0.5, 0.6) is 0 Å². The Balaban J connectivity index is 1.58. The first kappa shape index (κ1) is 18.8. The van der Waals surface area contributed by atoms with Gasteiger partial charge in [-0.1, -0.05) is 42.1 Å². The summed E-state index contributed by atoms with van der Waals surface area (Å²) in [5.74, 6) is 1.41. The molecule has 146 valence electrons. The van der Waals surface area contributed by atoms with E-state index < -0.39 is 0 Å². The SMILES string of the molecule is CC(Sc1nnc(-c2ccco2)n1Cc1ccccc1)C(=O)N1CCOCC1. The minimum Gasteiger partial charge on any atom is -0.461 e. The van der Waals surface area contributed by atoms with Gasteiger partial charge in [-0.15, -0.1) is 10.2 Å². The lowest BCUT2D eigenvalue weighted by Crippen LogP contribution is -2.44. The molecule has 3 aromatic rings. The van der Waals surface area contributed by atoms with E-state index >= 15 is 0 Å². The van der Waals surface area contributed by atoms with E-state index in [2.05, 4.69) is 22.3 Å². The zero-order valence-electron chi connectivity index (χ0n) is 15.7. The van der Waals surface area contributed by atoms with Gasteiger partial charge >= 0.3 is 0 Å². The minimum atomic E-state index is -0.263. The number of carbonyl (C=O) groups is 1. The molecule has 4 rings (SSSR count). The Kier molecular flexibility index (Phi) is 5.78. The van der Waals surface area contributed by atoms with Gasteiger partial charge in [-0.25, -0.2) is 0 Å². The summed E-state index contributed by atoms with van der Waals surface area (Å²) in [7, 11) is 0. The summed E-state index contributed by atoms with van der Waals surface area (Å²) >= 11 is 1.42. The number of rotatable bonds is 6. The van der Waals surface area contributed by atoms with Crippen molar-refractivity contribution in [3.8, 4) is 11.6 Å². The van der Waals surface area contributed by atoms with E-state index in [1.54, 1.807) is 6.26 Å². The molecule has 3 heterocycles. The van der Waals surface area contributed by atoms with Crippen molar-refractivity contribution in [2.24, 2.45) is 0 Å². The average Bonchev–Trinajstić information content (AvgIpc) is 3.39. The molecule has 2 aromatic heterocycles. The molecule has 1 unspecified atom stereocenters. The van der Waals surface area contributed by atoms with Crippen molar-refractivity contribution in [3.05, 3.63) is 54.3 Å². The molecule has 1 aliphatic heterocycles. The van der Waals surface area contributed by atoms with Crippen molar-refractivity contribution in [3.63, 3.8) is 0 Å². The summed E-state index contributed by atoms with van der Waals surface area (Å²) in [6, 6.07) is 13.8. The number of nitrogens with zero attached hydrogens (tertiary/aromatic N) is 4. The van der Waals surface area contributed by atoms with E-state index in [-0.39, 0.29) is 11.2 Å². The molecule has 1 aromatic carbocycles. The normalized spacial score (nSPS) is 15.5. The zero-order chi connectivity index (χ0) is 19.3. The van der Waals surface area contributed by atoms with Gasteiger partial charge < -0.3 is 14.1 Å². The molecule has 0 radical (unpaired) electrons. The highest BCUT2D eigenvalue weighted by molar-refractivity contribution is 8.00. The van der Waals surface area contributed by atoms with Gasteiger partial charge in [0.2, 0.25) is 11.7 Å². The van der Waals surface area contributed by atoms with E-state index in [9.17, 15) is 4.79 Å². The maximum atomic E-state index is 12.8. The molecular formula is C20H22N4O3S. The Morgan fingerprint density at radius 2 is 1.93 bits per heavy atom. The summed E-state index contributed by atoms with van der Waals surface area (Å²) < 4.78 is 12.9. The third-order valence-corrected chi connectivity index (χ3v) is 5.66. The number of hydrogen-bond acceptors (Lipinski definition) is 6. The fourth-order valence-corrected chi connectivity index (χ4v) is 4.05. The second-order valence-electron chi connectivity index (χ2n) is 6.55. The van der Waals surface area contributed by atoms with Crippen molar-refractivity contribution in [1.29, 1.82) is 0 Å². The van der Waals surface area contributed by atoms with Gasteiger partial charge in [0.15, 0.2) is 10.9 Å². The molecule has 1 amide bonds. The molecule has 1 fully saturated rings. The number of aromatic nitrogens is 3. The topological polar surface area (TPSA) is 73.4 Å². The predicted molar refractivity (Wildman–Crippen MR) is 106 cm³/mol. The molecule has 0 saturated carbocycles. The van der Waals surface area contributed by atoms with Crippen LogP contribution >= 0.6 is 11.8 Å². The molecule has 0 spiro atoms. The standard InChI is InChI=1S/C20H22N4O3S/c1-15(19(25)23-9-12-26-13-10-23)28-20-22-21-18(17-8-5-11-27-17)24(20)14-16-6-3-2-4-7-16/h2-8,11,15H,9-10,12-14H2,1H3. The lowest BCUT2D eigenvalue weighted by atomic mass is 10.2. The van der Waals surface area contributed by atoms with E-state index in [1.807, 2.05) is 46.7 Å². The van der Waals surface area contributed by atoms with Gasteiger partial charge in [-0.05, 0) is 24.6 Å². The van der Waals surface area contributed by atoms with Gasteiger partial charge in [-0.3, -0.25) is 9.36 Å². The number of amides is 1. The van der Waals surface area contributed by atoms with Crippen molar-refractivity contribution in [1.82, 2.24) is 19.7 Å². The second-order valence-corrected chi connectivity index (χ2v) is 7.86. The smallest absolute Gasteiger partial charge is 0.236 e. The zero-order valence-corrected chi connectivity index (χ0v) is 16.5. The van der Waals surface area contributed by atoms with E-state index in [1.165, 1.54) is 11.8 Å². The van der Waals surface area contributed by atoms with E-state index in [0.717, 1.165) is 5.56 Å². The van der Waals surface area contributed by atoms with Crippen molar-refractivity contribution in [2.45, 2.75) is 23.9 Å². The Morgan fingerprint density at radius 1 is 1.14 bits per heavy atom. The molecule has 0 N–H and O–H groups in total. The summed E-state index contributed by atoms with van der Waals surface area (Å²) in [6.07, 6.45) is 1.62. The number of furan rings is 1. The van der Waals surface area contributed by atoms with Crippen LogP contribution in [0.25, 0.3) is 11.6 Å². The molecule has 1 atom stereocenters. The minimum absolute atomic E-state index is 0.0992. The summed E-state index contributed by atoms with van der Waals surface area (Å²) in [4.78, 5) is 14.6. The highest BCUT2D eigenvalue weighted by Crippen LogP contribution is 2.29. The number of carbonyl (C=O) groups excluding carboxylic acids is 1. The number of thioether (sulfide) groups is 1. The van der Waals surface area contributed by atoms with Crippen molar-refractivity contribution >= 4 is 17.7 Å². The number of morpholine rings is 1. The fourth-order valence-electron chi connectivity index (χ4n) is 3.12. The second kappa shape index (κ2) is 8.62. The Bertz CT molecular complexity index is 905. The van der Waals surface area contributed by atoms with Crippen molar-refractivity contribution in [2.75, 3.05) is 26.3 Å². The molecule has 8 heteroatoms. The Hall–Kier alpha value is -2.58. The molecule has 1 saturated heterocycles. The van der Waals surface area contributed by atoms with Crippen LogP contribution in [0.2, 0.25) is 0 Å². The largest absolute Gasteiger partial charge is 0.461 e. The van der Waals surface area contributed by atoms with Crippen LogP contribution in [0.4, 0.5) is 0 Å². The molecular weight excluding hydrogens is 376 g/mol. The molecule has 1 aliphatic rings. The molecule has 7 nitrogen and oxygen atoms in total. The third-order valence-electron chi connectivity index (χ3n) is 4.59. The highest BCUT2D eigenvalue weighted by atomic mass is 32.2. The number of benzene rings is 1. The maximum Gasteiger partial charge on any atom is 0.236 e. The van der Waals surface area contributed by atoms with Gasteiger partial charge in [0, 0.05) is 13.1 Å². The maximum absolute atomic E-state index is 12.8. The Morgan fingerprint density at radius 3 is 2.64 bits per heavy atom. The molecule has 0 bridgehead atoms. The summed E-state index contributed by atoms with van der Waals surface area (Å²) in [5.41, 5.74) is 1.13.